The molecule has 1 saturated carbocycles. The van der Waals surface area contributed by atoms with Crippen molar-refractivity contribution in [2.45, 2.75) is 78.7 Å². The van der Waals surface area contributed by atoms with Gasteiger partial charge in [0.2, 0.25) is 0 Å². The highest BCUT2D eigenvalue weighted by molar-refractivity contribution is 7.17. The first kappa shape index (κ1) is 19.6. The number of aromatic nitrogens is 2. The summed E-state index contributed by atoms with van der Waals surface area (Å²) in [4.78, 5) is 31.7. The Labute approximate surface area is 170 Å². The number of carbonyl (C=O) groups excluding carboxylic acids is 1. The van der Waals surface area contributed by atoms with E-state index in [1.165, 1.54) is 17.4 Å². The van der Waals surface area contributed by atoms with Crippen molar-refractivity contribution in [3.63, 3.8) is 0 Å². The molecule has 0 aliphatic heterocycles. The predicted octanol–water partition coefficient (Wildman–Crippen LogP) is 4.53. The average molecular weight is 403 g/mol. The van der Waals surface area contributed by atoms with Crippen LogP contribution in [0.1, 0.15) is 75.6 Å². The number of carbonyl (C=O) groups is 1. The molecule has 2 heterocycles. The van der Waals surface area contributed by atoms with E-state index in [1.54, 1.807) is 15.7 Å². The maximum atomic E-state index is 12.6. The molecule has 152 valence electrons. The van der Waals surface area contributed by atoms with Crippen molar-refractivity contribution in [1.29, 1.82) is 0 Å². The number of hydrogen-bond donors (Lipinski definition) is 0. The highest BCUT2D eigenvalue weighted by Crippen LogP contribution is 2.40. The van der Waals surface area contributed by atoms with E-state index in [1.807, 2.05) is 0 Å². The van der Waals surface area contributed by atoms with Crippen molar-refractivity contribution >= 4 is 22.3 Å². The van der Waals surface area contributed by atoms with Crippen LogP contribution in [0, 0.1) is 17.3 Å². The first-order valence-electron chi connectivity index (χ1n) is 10.5. The first-order valence-corrected chi connectivity index (χ1v) is 11.3. The molecule has 28 heavy (non-hydrogen) atoms. The van der Waals surface area contributed by atoms with Crippen LogP contribution in [0.4, 0.5) is 0 Å². The number of esters is 1. The highest BCUT2D eigenvalue weighted by Gasteiger charge is 2.33. The summed E-state index contributed by atoms with van der Waals surface area (Å²) >= 11 is 1.60. The monoisotopic (exact) mass is 402 g/mol. The van der Waals surface area contributed by atoms with E-state index in [2.05, 4.69) is 25.8 Å². The molecule has 0 N–H and O–H groups in total. The molecule has 0 unspecified atom stereocenters. The van der Waals surface area contributed by atoms with Crippen molar-refractivity contribution in [2.75, 3.05) is 0 Å². The fraction of sp³-hybridized carbons (Fsp3) is 0.682. The zero-order chi connectivity index (χ0) is 19.9. The van der Waals surface area contributed by atoms with Crippen LogP contribution in [0.2, 0.25) is 0 Å². The molecule has 0 amide bonds. The zero-order valence-electron chi connectivity index (χ0n) is 17.1. The normalized spacial score (nSPS) is 22.8. The second-order valence-electron chi connectivity index (χ2n) is 9.41. The van der Waals surface area contributed by atoms with Gasteiger partial charge < -0.3 is 4.74 Å². The van der Waals surface area contributed by atoms with Gasteiger partial charge in [0.25, 0.3) is 5.56 Å². The molecule has 1 fully saturated rings. The van der Waals surface area contributed by atoms with Gasteiger partial charge in [-0.1, -0.05) is 20.8 Å². The van der Waals surface area contributed by atoms with Gasteiger partial charge >= 0.3 is 5.97 Å². The number of nitrogens with zero attached hydrogens (tertiary/aromatic N) is 2. The Bertz CT molecular complexity index is 930. The van der Waals surface area contributed by atoms with Gasteiger partial charge in [0.05, 0.1) is 11.6 Å². The number of hydrogen-bond acceptors (Lipinski definition) is 5. The van der Waals surface area contributed by atoms with Crippen LogP contribution in [-0.4, -0.2) is 15.4 Å². The van der Waals surface area contributed by atoms with Gasteiger partial charge in [-0.2, -0.15) is 0 Å². The van der Waals surface area contributed by atoms with Crippen LogP contribution >= 0.6 is 11.3 Å². The van der Waals surface area contributed by atoms with E-state index >= 15 is 0 Å². The summed E-state index contributed by atoms with van der Waals surface area (Å²) in [5, 5.41) is 0. The number of rotatable bonds is 3. The lowest BCUT2D eigenvalue weighted by Gasteiger charge is -2.36. The van der Waals surface area contributed by atoms with Gasteiger partial charge in [-0.05, 0) is 62.7 Å². The van der Waals surface area contributed by atoms with E-state index in [0.29, 0.717) is 17.0 Å². The quantitative estimate of drug-likeness (QED) is 0.708. The third-order valence-corrected chi connectivity index (χ3v) is 7.60. The van der Waals surface area contributed by atoms with E-state index in [9.17, 15) is 9.59 Å². The van der Waals surface area contributed by atoms with Crippen LogP contribution in [0.3, 0.4) is 0 Å². The zero-order valence-corrected chi connectivity index (χ0v) is 17.9. The Morgan fingerprint density at radius 2 is 1.93 bits per heavy atom. The number of aryl methyl sites for hydroxylation is 2. The Morgan fingerprint density at radius 1 is 1.21 bits per heavy atom. The van der Waals surface area contributed by atoms with Gasteiger partial charge in [-0.25, -0.2) is 4.98 Å². The fourth-order valence-electron chi connectivity index (χ4n) is 4.67. The average Bonchev–Trinajstić information content (AvgIpc) is 3.04. The lowest BCUT2D eigenvalue weighted by molar-refractivity contribution is -0.151. The standard InChI is InChI=1S/C22H30N2O3S/c1-22(2,3)15-10-8-14(9-11-15)20(26)27-13-16-12-19(25)24-17-6-4-5-7-18(17)28-21(24)23-16/h12,14-15H,4-11,13H2,1-3H3. The van der Waals surface area contributed by atoms with E-state index in [4.69, 9.17) is 4.74 Å². The topological polar surface area (TPSA) is 60.7 Å². The molecule has 0 aromatic carbocycles. The molecule has 0 saturated heterocycles. The largest absolute Gasteiger partial charge is 0.459 e. The summed E-state index contributed by atoms with van der Waals surface area (Å²) in [7, 11) is 0. The van der Waals surface area contributed by atoms with Crippen LogP contribution in [0.15, 0.2) is 10.9 Å². The highest BCUT2D eigenvalue weighted by atomic mass is 32.1. The van der Waals surface area contributed by atoms with Crippen LogP contribution in [0.25, 0.3) is 4.96 Å². The predicted molar refractivity (Wildman–Crippen MR) is 111 cm³/mol. The second kappa shape index (κ2) is 7.62. The molecule has 2 aromatic heterocycles. The Balaban J connectivity index is 1.40. The fourth-order valence-corrected chi connectivity index (χ4v) is 5.91. The molecule has 2 aliphatic carbocycles. The molecule has 2 aromatic rings. The molecule has 6 heteroatoms. The first-order chi connectivity index (χ1) is 13.3. The smallest absolute Gasteiger partial charge is 0.309 e. The Kier molecular flexibility index (Phi) is 5.34. The van der Waals surface area contributed by atoms with Crippen molar-refractivity contribution in [3.8, 4) is 0 Å². The van der Waals surface area contributed by atoms with Crippen molar-refractivity contribution in [2.24, 2.45) is 17.3 Å². The molecule has 0 atom stereocenters. The maximum absolute atomic E-state index is 12.6. The minimum atomic E-state index is -0.139. The van der Waals surface area contributed by atoms with Gasteiger partial charge in [0.1, 0.15) is 6.61 Å². The molecule has 5 nitrogen and oxygen atoms in total. The lowest BCUT2D eigenvalue weighted by atomic mass is 9.70. The van der Waals surface area contributed by atoms with Crippen LogP contribution in [-0.2, 0) is 29.0 Å². The second-order valence-corrected chi connectivity index (χ2v) is 10.5. The van der Waals surface area contributed by atoms with Gasteiger partial charge in [-0.3, -0.25) is 14.0 Å². The number of thiazole rings is 1. The van der Waals surface area contributed by atoms with Crippen molar-refractivity contribution in [3.05, 3.63) is 32.7 Å². The number of fused-ring (bicyclic) bond motifs is 3. The summed E-state index contributed by atoms with van der Waals surface area (Å²) in [6.07, 6.45) is 8.23. The molecule has 0 radical (unpaired) electrons. The molecular formula is C22H30N2O3S. The van der Waals surface area contributed by atoms with Gasteiger partial charge in [0.15, 0.2) is 4.96 Å². The minimum Gasteiger partial charge on any atom is -0.459 e. The summed E-state index contributed by atoms with van der Waals surface area (Å²) in [6.45, 7) is 6.92. The maximum Gasteiger partial charge on any atom is 0.309 e. The summed E-state index contributed by atoms with van der Waals surface area (Å²) in [5.74, 6) is 0.517. The molecular weight excluding hydrogens is 372 g/mol. The van der Waals surface area contributed by atoms with Gasteiger partial charge in [-0.15, -0.1) is 11.3 Å². The van der Waals surface area contributed by atoms with Gasteiger partial charge in [0, 0.05) is 16.6 Å². The minimum absolute atomic E-state index is 0.0162. The Hall–Kier alpha value is -1.69. The third-order valence-electron chi connectivity index (χ3n) is 6.46. The van der Waals surface area contributed by atoms with Crippen LogP contribution < -0.4 is 5.56 Å². The molecule has 0 spiro atoms. The molecule has 4 rings (SSSR count). The molecule has 0 bridgehead atoms. The summed E-state index contributed by atoms with van der Waals surface area (Å²) in [6, 6.07) is 1.53. The Morgan fingerprint density at radius 3 is 2.64 bits per heavy atom. The number of ether oxygens (including phenoxy) is 1. The van der Waals surface area contributed by atoms with Crippen LogP contribution in [0.5, 0.6) is 0 Å². The van der Waals surface area contributed by atoms with Crippen molar-refractivity contribution in [1.82, 2.24) is 9.38 Å². The van der Waals surface area contributed by atoms with E-state index in [0.717, 1.165) is 55.6 Å². The lowest BCUT2D eigenvalue weighted by Crippen LogP contribution is -2.29. The van der Waals surface area contributed by atoms with E-state index < -0.39 is 0 Å². The van der Waals surface area contributed by atoms with Crippen molar-refractivity contribution < 1.29 is 9.53 Å². The van der Waals surface area contributed by atoms with E-state index in [-0.39, 0.29) is 24.1 Å². The summed E-state index contributed by atoms with van der Waals surface area (Å²) in [5.41, 5.74) is 1.93. The SMILES string of the molecule is CC(C)(C)C1CCC(C(=O)OCc2cc(=O)n3c4c(sc3n2)CCCC4)CC1. The molecule has 2 aliphatic rings. The summed E-state index contributed by atoms with van der Waals surface area (Å²) < 4.78 is 7.30. The third kappa shape index (κ3) is 3.88.